The third-order valence-electron chi connectivity index (χ3n) is 5.90. The van der Waals surface area contributed by atoms with E-state index in [0.29, 0.717) is 23.5 Å². The number of rotatable bonds is 7. The minimum absolute atomic E-state index is 0.0402. The number of amidine groups is 1. The van der Waals surface area contributed by atoms with E-state index >= 15 is 0 Å². The van der Waals surface area contributed by atoms with Gasteiger partial charge in [-0.2, -0.15) is 0 Å². The van der Waals surface area contributed by atoms with Gasteiger partial charge in [0, 0.05) is 30.4 Å². The summed E-state index contributed by atoms with van der Waals surface area (Å²) in [5, 5.41) is 13.1. The molecule has 4 aromatic rings. The molecule has 34 heavy (non-hydrogen) atoms. The standard InChI is InChI=1S/C26H26N6O2/c1-16-11-19(24-27-9-10-28-24)13-21-23(16)32-25(31-21)22-20(7-8-29-26(22)34)30-14-18(15-33)12-17-5-3-2-4-6-17/h2-8,11,13-14,18,33H,9-10,12,15H2,1H3,(H,27,28)(H,29,34)(H,31,32). The molecule has 8 heteroatoms. The van der Waals surface area contributed by atoms with Crippen LogP contribution in [0.4, 0.5) is 5.69 Å². The maximum atomic E-state index is 12.8. The van der Waals surface area contributed by atoms with E-state index in [-0.39, 0.29) is 18.1 Å². The lowest BCUT2D eigenvalue weighted by Crippen LogP contribution is -2.19. The van der Waals surface area contributed by atoms with Gasteiger partial charge >= 0.3 is 0 Å². The molecular weight excluding hydrogens is 428 g/mol. The number of nitrogens with zero attached hydrogens (tertiary/aromatic N) is 3. The van der Waals surface area contributed by atoms with Crippen molar-refractivity contribution in [3.05, 3.63) is 81.8 Å². The molecular formula is C26H26N6O2. The molecule has 4 N–H and O–H groups in total. The van der Waals surface area contributed by atoms with Gasteiger partial charge in [0.05, 0.1) is 29.9 Å². The van der Waals surface area contributed by atoms with Crippen LogP contribution in [0, 0.1) is 12.8 Å². The van der Waals surface area contributed by atoms with Crippen molar-refractivity contribution in [2.45, 2.75) is 13.3 Å². The van der Waals surface area contributed by atoms with Crippen LogP contribution in [0.5, 0.6) is 0 Å². The molecule has 8 nitrogen and oxygen atoms in total. The van der Waals surface area contributed by atoms with E-state index in [2.05, 4.69) is 25.3 Å². The van der Waals surface area contributed by atoms with Crippen LogP contribution in [0.15, 0.2) is 69.5 Å². The number of aliphatic hydroxyl groups is 1. The molecule has 0 radical (unpaired) electrons. The number of nitrogens with one attached hydrogen (secondary N) is 3. The second-order valence-electron chi connectivity index (χ2n) is 8.41. The second kappa shape index (κ2) is 9.44. The molecule has 0 fully saturated rings. The Morgan fingerprint density at radius 2 is 2.06 bits per heavy atom. The van der Waals surface area contributed by atoms with Crippen LogP contribution < -0.4 is 10.9 Å². The third kappa shape index (κ3) is 4.40. The van der Waals surface area contributed by atoms with Gasteiger partial charge in [-0.25, -0.2) is 4.98 Å². The van der Waals surface area contributed by atoms with Gasteiger partial charge in [-0.15, -0.1) is 0 Å². The average Bonchev–Trinajstić information content (AvgIpc) is 3.53. The van der Waals surface area contributed by atoms with Gasteiger partial charge in [0.2, 0.25) is 0 Å². The smallest absolute Gasteiger partial charge is 0.261 e. The van der Waals surface area contributed by atoms with Gasteiger partial charge in [0.15, 0.2) is 0 Å². The normalized spacial score (nSPS) is 14.5. The number of aliphatic hydroxyl groups excluding tert-OH is 1. The van der Waals surface area contributed by atoms with Crippen LogP contribution >= 0.6 is 0 Å². The van der Waals surface area contributed by atoms with Crippen LogP contribution in [0.2, 0.25) is 0 Å². The molecule has 0 saturated carbocycles. The summed E-state index contributed by atoms with van der Waals surface area (Å²) >= 11 is 0. The van der Waals surface area contributed by atoms with Gasteiger partial charge in [0.1, 0.15) is 17.2 Å². The van der Waals surface area contributed by atoms with E-state index in [9.17, 15) is 9.90 Å². The first kappa shape index (κ1) is 21.8. The number of hydrogen-bond donors (Lipinski definition) is 4. The number of H-pyrrole nitrogens is 2. The Bertz CT molecular complexity index is 1430. The molecule has 2 aromatic heterocycles. The molecule has 0 spiro atoms. The Morgan fingerprint density at radius 3 is 2.82 bits per heavy atom. The van der Waals surface area contributed by atoms with Gasteiger partial charge < -0.3 is 20.4 Å². The number of aliphatic imine (C=N–C) groups is 2. The van der Waals surface area contributed by atoms with Crippen molar-refractivity contribution in [1.82, 2.24) is 20.3 Å². The number of hydrogen-bond acceptors (Lipinski definition) is 6. The molecule has 1 atom stereocenters. The highest BCUT2D eigenvalue weighted by Crippen LogP contribution is 2.28. The lowest BCUT2D eigenvalue weighted by molar-refractivity contribution is 0.263. The maximum absolute atomic E-state index is 12.8. The number of imidazole rings is 1. The summed E-state index contributed by atoms with van der Waals surface area (Å²) in [5.74, 6) is 1.15. The van der Waals surface area contributed by atoms with E-state index in [4.69, 9.17) is 4.98 Å². The van der Waals surface area contributed by atoms with Crippen molar-refractivity contribution in [1.29, 1.82) is 0 Å². The summed E-state index contributed by atoms with van der Waals surface area (Å²) in [5.41, 5.74) is 5.31. The number of aromatic amines is 2. The SMILES string of the molecule is Cc1cc(C2=NCCN2)cc2[nH]c(-c3c(N=CC(CO)Cc4ccccc4)cc[nH]c3=O)nc12. The quantitative estimate of drug-likeness (QED) is 0.321. The minimum Gasteiger partial charge on any atom is -0.396 e. The Balaban J connectivity index is 1.50. The van der Waals surface area contributed by atoms with Crippen LogP contribution in [0.1, 0.15) is 16.7 Å². The van der Waals surface area contributed by atoms with Crippen LogP contribution in [0.25, 0.3) is 22.4 Å². The molecule has 0 bridgehead atoms. The van der Waals surface area contributed by atoms with E-state index in [1.165, 1.54) is 0 Å². The summed E-state index contributed by atoms with van der Waals surface area (Å²) in [6, 6.07) is 15.7. The largest absolute Gasteiger partial charge is 0.396 e. The van der Waals surface area contributed by atoms with Crippen molar-refractivity contribution >= 4 is 28.8 Å². The summed E-state index contributed by atoms with van der Waals surface area (Å²) < 4.78 is 0. The number of pyridine rings is 1. The molecule has 1 aliphatic rings. The zero-order valence-electron chi connectivity index (χ0n) is 18.9. The predicted octanol–water partition coefficient (Wildman–Crippen LogP) is 3.13. The van der Waals surface area contributed by atoms with Crippen LogP contribution in [-0.2, 0) is 6.42 Å². The highest BCUT2D eigenvalue weighted by Gasteiger charge is 2.17. The number of aryl methyl sites for hydroxylation is 1. The Kier molecular flexibility index (Phi) is 6.05. The lowest BCUT2D eigenvalue weighted by Gasteiger charge is -2.09. The second-order valence-corrected chi connectivity index (χ2v) is 8.41. The van der Waals surface area contributed by atoms with Crippen molar-refractivity contribution in [3.8, 4) is 11.4 Å². The number of aromatic nitrogens is 3. The molecule has 0 saturated heterocycles. The fraction of sp³-hybridized carbons (Fsp3) is 0.231. The fourth-order valence-corrected chi connectivity index (χ4v) is 4.21. The first-order valence-corrected chi connectivity index (χ1v) is 11.3. The van der Waals surface area contributed by atoms with Crippen molar-refractivity contribution in [2.75, 3.05) is 19.7 Å². The zero-order chi connectivity index (χ0) is 23.5. The van der Waals surface area contributed by atoms with E-state index in [0.717, 1.165) is 46.6 Å². The molecule has 0 amide bonds. The van der Waals surface area contributed by atoms with Crippen LogP contribution in [0.3, 0.4) is 0 Å². The average molecular weight is 455 g/mol. The highest BCUT2D eigenvalue weighted by atomic mass is 16.3. The number of benzene rings is 2. The Hall–Kier alpha value is -4.04. The summed E-state index contributed by atoms with van der Waals surface area (Å²) in [7, 11) is 0. The maximum Gasteiger partial charge on any atom is 0.261 e. The molecule has 172 valence electrons. The predicted molar refractivity (Wildman–Crippen MR) is 135 cm³/mol. The molecule has 1 aliphatic heterocycles. The molecule has 0 aliphatic carbocycles. The molecule has 1 unspecified atom stereocenters. The van der Waals surface area contributed by atoms with Gasteiger partial charge in [-0.1, -0.05) is 30.3 Å². The monoisotopic (exact) mass is 454 g/mol. The highest BCUT2D eigenvalue weighted by molar-refractivity contribution is 6.03. The fourth-order valence-electron chi connectivity index (χ4n) is 4.21. The van der Waals surface area contributed by atoms with Crippen molar-refractivity contribution < 1.29 is 5.11 Å². The number of fused-ring (bicyclic) bond motifs is 1. The van der Waals surface area contributed by atoms with Crippen molar-refractivity contribution in [3.63, 3.8) is 0 Å². The van der Waals surface area contributed by atoms with Crippen LogP contribution in [-0.4, -0.2) is 51.8 Å². The molecule has 5 rings (SSSR count). The minimum atomic E-state index is -0.281. The topological polar surface area (TPSA) is 119 Å². The Morgan fingerprint density at radius 1 is 1.21 bits per heavy atom. The van der Waals surface area contributed by atoms with E-state index in [1.54, 1.807) is 18.5 Å². The summed E-state index contributed by atoms with van der Waals surface area (Å²) in [4.78, 5) is 32.7. The van der Waals surface area contributed by atoms with Crippen molar-refractivity contribution in [2.24, 2.45) is 15.9 Å². The molecule has 2 aromatic carbocycles. The zero-order valence-corrected chi connectivity index (χ0v) is 18.9. The third-order valence-corrected chi connectivity index (χ3v) is 5.90. The van der Waals surface area contributed by atoms with Gasteiger partial charge in [0.25, 0.3) is 5.56 Å². The van der Waals surface area contributed by atoms with E-state index < -0.39 is 0 Å². The summed E-state index contributed by atoms with van der Waals surface area (Å²) in [6.45, 7) is 3.55. The first-order chi connectivity index (χ1) is 16.6. The van der Waals surface area contributed by atoms with Gasteiger partial charge in [-0.3, -0.25) is 14.8 Å². The van der Waals surface area contributed by atoms with E-state index in [1.807, 2.05) is 49.4 Å². The summed E-state index contributed by atoms with van der Waals surface area (Å²) in [6.07, 6.45) is 3.94. The molecule has 3 heterocycles. The first-order valence-electron chi connectivity index (χ1n) is 11.3. The Labute approximate surface area is 196 Å². The lowest BCUT2D eigenvalue weighted by atomic mass is 10.0. The van der Waals surface area contributed by atoms with Gasteiger partial charge in [-0.05, 0) is 42.7 Å².